The summed E-state index contributed by atoms with van der Waals surface area (Å²) in [5.74, 6) is 1.10. The maximum Gasteiger partial charge on any atom is 0.410 e. The minimum Gasteiger partial charge on any atom is -0.444 e. The van der Waals surface area contributed by atoms with Crippen LogP contribution in [0.25, 0.3) is 0 Å². The summed E-state index contributed by atoms with van der Waals surface area (Å²) in [6.45, 7) is 6.97. The molecule has 1 aliphatic carbocycles. The summed E-state index contributed by atoms with van der Waals surface area (Å²) in [4.78, 5) is 24.8. The highest BCUT2D eigenvalue weighted by atomic mass is 16.6. The number of likely N-dealkylation sites (tertiary alicyclic amines) is 1. The van der Waals surface area contributed by atoms with E-state index in [2.05, 4.69) is 0 Å². The van der Waals surface area contributed by atoms with Gasteiger partial charge < -0.3 is 9.64 Å². The molecular weight excluding hydrogens is 206 g/mol. The van der Waals surface area contributed by atoms with Crippen LogP contribution < -0.4 is 0 Å². The topological polar surface area (TPSA) is 46.6 Å². The Kier molecular flexibility index (Phi) is 2.68. The first kappa shape index (κ1) is 11.4. The van der Waals surface area contributed by atoms with Gasteiger partial charge >= 0.3 is 6.09 Å². The summed E-state index contributed by atoms with van der Waals surface area (Å²) >= 11 is 0. The number of amides is 1. The fraction of sp³-hybridized carbons (Fsp3) is 0.833. The van der Waals surface area contributed by atoms with Crippen LogP contribution in [0.15, 0.2) is 0 Å². The van der Waals surface area contributed by atoms with Crippen molar-refractivity contribution in [2.45, 2.75) is 39.2 Å². The van der Waals surface area contributed by atoms with E-state index in [-0.39, 0.29) is 6.09 Å². The monoisotopic (exact) mass is 225 g/mol. The van der Waals surface area contributed by atoms with Gasteiger partial charge in [0.15, 0.2) is 0 Å². The molecule has 2 atom stereocenters. The third-order valence-electron chi connectivity index (χ3n) is 3.21. The molecule has 0 aromatic heterocycles. The van der Waals surface area contributed by atoms with Gasteiger partial charge in [-0.05, 0) is 32.6 Å². The summed E-state index contributed by atoms with van der Waals surface area (Å²) < 4.78 is 5.32. The Morgan fingerprint density at radius 3 is 2.19 bits per heavy atom. The van der Waals surface area contributed by atoms with Gasteiger partial charge in [-0.25, -0.2) is 4.79 Å². The average molecular weight is 225 g/mol. The van der Waals surface area contributed by atoms with Crippen LogP contribution in [0.3, 0.4) is 0 Å². The van der Waals surface area contributed by atoms with Gasteiger partial charge in [0.25, 0.3) is 0 Å². The molecule has 0 N–H and O–H groups in total. The molecule has 0 spiro atoms. The molecule has 1 heterocycles. The number of Topliss-reactive ketones (excluding diaryl/α,β-unsaturated/α-hetero) is 1. The fourth-order valence-corrected chi connectivity index (χ4v) is 2.55. The molecule has 4 heteroatoms. The Morgan fingerprint density at radius 1 is 1.25 bits per heavy atom. The molecular formula is C12H19NO3. The highest BCUT2D eigenvalue weighted by Crippen LogP contribution is 2.36. The third kappa shape index (κ3) is 2.36. The predicted octanol–water partition coefficient (Wildman–Crippen LogP) is 1.83. The molecule has 0 aromatic carbocycles. The van der Waals surface area contributed by atoms with Crippen molar-refractivity contribution in [3.63, 3.8) is 0 Å². The Labute approximate surface area is 95.9 Å². The second-order valence-electron chi connectivity index (χ2n) is 5.85. The van der Waals surface area contributed by atoms with E-state index in [1.807, 2.05) is 20.8 Å². The van der Waals surface area contributed by atoms with Crippen molar-refractivity contribution in [1.82, 2.24) is 4.90 Å². The van der Waals surface area contributed by atoms with Crippen LogP contribution in [0.2, 0.25) is 0 Å². The van der Waals surface area contributed by atoms with Crippen molar-refractivity contribution < 1.29 is 14.3 Å². The molecule has 2 fully saturated rings. The molecule has 0 radical (unpaired) electrons. The van der Waals surface area contributed by atoms with E-state index in [1.165, 1.54) is 0 Å². The number of ether oxygens (including phenoxy) is 1. The molecule has 4 nitrogen and oxygen atoms in total. The van der Waals surface area contributed by atoms with Crippen molar-refractivity contribution in [3.8, 4) is 0 Å². The van der Waals surface area contributed by atoms with Gasteiger partial charge in [-0.1, -0.05) is 0 Å². The minimum absolute atomic E-state index is 0.241. The fourth-order valence-electron chi connectivity index (χ4n) is 2.55. The van der Waals surface area contributed by atoms with Crippen molar-refractivity contribution in [2.75, 3.05) is 13.1 Å². The summed E-state index contributed by atoms with van der Waals surface area (Å²) in [5.41, 5.74) is -0.440. The largest absolute Gasteiger partial charge is 0.444 e. The van der Waals surface area contributed by atoms with Crippen LogP contribution in [0, 0.1) is 11.8 Å². The molecule has 0 unspecified atom stereocenters. The number of nitrogens with zero attached hydrogens (tertiary/aromatic N) is 1. The number of carbonyl (C=O) groups is 2. The van der Waals surface area contributed by atoms with E-state index >= 15 is 0 Å². The lowest BCUT2D eigenvalue weighted by Gasteiger charge is -2.24. The van der Waals surface area contributed by atoms with Crippen molar-refractivity contribution in [3.05, 3.63) is 0 Å². The second-order valence-corrected chi connectivity index (χ2v) is 5.85. The third-order valence-corrected chi connectivity index (χ3v) is 3.21. The molecule has 1 amide bonds. The highest BCUT2D eigenvalue weighted by molar-refractivity contribution is 5.82. The van der Waals surface area contributed by atoms with Gasteiger partial charge in [-0.3, -0.25) is 4.79 Å². The van der Waals surface area contributed by atoms with E-state index in [0.717, 1.165) is 0 Å². The van der Waals surface area contributed by atoms with Gasteiger partial charge in [0, 0.05) is 25.9 Å². The minimum atomic E-state index is -0.440. The molecule has 1 saturated carbocycles. The number of ketones is 1. The lowest BCUT2D eigenvalue weighted by atomic mass is 10.0. The smallest absolute Gasteiger partial charge is 0.410 e. The van der Waals surface area contributed by atoms with Crippen molar-refractivity contribution in [2.24, 2.45) is 11.8 Å². The summed E-state index contributed by atoms with van der Waals surface area (Å²) in [5, 5.41) is 0. The van der Waals surface area contributed by atoms with Crippen LogP contribution in [0.4, 0.5) is 4.79 Å². The van der Waals surface area contributed by atoms with E-state index in [1.54, 1.807) is 4.90 Å². The SMILES string of the molecule is CC(C)(C)OC(=O)N1C[C@H]2CC(=O)C[C@@H]2C1. The Balaban J connectivity index is 1.90. The number of hydrogen-bond acceptors (Lipinski definition) is 3. The van der Waals surface area contributed by atoms with Crippen molar-refractivity contribution in [1.29, 1.82) is 0 Å². The Hall–Kier alpha value is -1.06. The summed E-state index contributed by atoms with van der Waals surface area (Å²) in [6, 6.07) is 0. The zero-order valence-corrected chi connectivity index (χ0v) is 10.2. The Bertz CT molecular complexity index is 303. The van der Waals surface area contributed by atoms with E-state index in [9.17, 15) is 9.59 Å². The second kappa shape index (κ2) is 3.75. The summed E-state index contributed by atoms with van der Waals surface area (Å²) in [7, 11) is 0. The number of hydrogen-bond donors (Lipinski definition) is 0. The van der Waals surface area contributed by atoms with Crippen molar-refractivity contribution >= 4 is 11.9 Å². The van der Waals surface area contributed by atoms with Crippen LogP contribution in [0.1, 0.15) is 33.6 Å². The zero-order valence-electron chi connectivity index (χ0n) is 10.2. The molecule has 1 aliphatic heterocycles. The molecule has 2 rings (SSSR count). The average Bonchev–Trinajstić information content (AvgIpc) is 2.56. The van der Waals surface area contributed by atoms with Crippen LogP contribution >= 0.6 is 0 Å². The maximum absolute atomic E-state index is 11.8. The van der Waals surface area contributed by atoms with Gasteiger partial charge in [-0.15, -0.1) is 0 Å². The lowest BCUT2D eigenvalue weighted by Crippen LogP contribution is -2.36. The quantitative estimate of drug-likeness (QED) is 0.632. The molecule has 90 valence electrons. The van der Waals surface area contributed by atoms with Gasteiger partial charge in [-0.2, -0.15) is 0 Å². The van der Waals surface area contributed by atoms with Gasteiger partial charge in [0.05, 0.1) is 0 Å². The first-order valence-corrected chi connectivity index (χ1v) is 5.85. The predicted molar refractivity (Wildman–Crippen MR) is 59.0 cm³/mol. The number of fused-ring (bicyclic) bond motifs is 1. The molecule has 2 aliphatic rings. The maximum atomic E-state index is 11.8. The standard InChI is InChI=1S/C12H19NO3/c1-12(2,3)16-11(15)13-6-8-4-10(14)5-9(8)7-13/h8-9H,4-7H2,1-3H3/t8-,9-/m1/s1. The zero-order chi connectivity index (χ0) is 11.9. The van der Waals surface area contributed by atoms with Crippen LogP contribution in [-0.4, -0.2) is 35.5 Å². The van der Waals surface area contributed by atoms with Crippen LogP contribution in [-0.2, 0) is 9.53 Å². The first-order chi connectivity index (χ1) is 7.35. The highest BCUT2D eigenvalue weighted by Gasteiger charge is 2.42. The van der Waals surface area contributed by atoms with E-state index in [4.69, 9.17) is 4.74 Å². The van der Waals surface area contributed by atoms with Gasteiger partial charge in [0.1, 0.15) is 11.4 Å². The molecule has 1 saturated heterocycles. The van der Waals surface area contributed by atoms with E-state index in [0.29, 0.717) is 43.6 Å². The number of carbonyl (C=O) groups excluding carboxylic acids is 2. The molecule has 16 heavy (non-hydrogen) atoms. The molecule has 0 bridgehead atoms. The number of rotatable bonds is 0. The normalized spacial score (nSPS) is 29.4. The first-order valence-electron chi connectivity index (χ1n) is 5.85. The summed E-state index contributed by atoms with van der Waals surface area (Å²) in [6.07, 6.45) is 1.04. The van der Waals surface area contributed by atoms with E-state index < -0.39 is 5.60 Å². The van der Waals surface area contributed by atoms with Crippen LogP contribution in [0.5, 0.6) is 0 Å². The van der Waals surface area contributed by atoms with Gasteiger partial charge in [0.2, 0.25) is 0 Å². The molecule has 0 aromatic rings. The lowest BCUT2D eigenvalue weighted by molar-refractivity contribution is -0.118. The Morgan fingerprint density at radius 2 is 1.75 bits per heavy atom.